The Kier molecular flexibility index (Phi) is 6.94. The maximum Gasteiger partial charge on any atom is 0.350 e. The molecule has 8 heteroatoms. The van der Waals surface area contributed by atoms with Crippen LogP contribution in [-0.4, -0.2) is 54.1 Å². The number of epoxide rings is 1. The molecule has 0 radical (unpaired) electrons. The maximum atomic E-state index is 13.9. The third kappa shape index (κ3) is 4.08. The van der Waals surface area contributed by atoms with Gasteiger partial charge in [0.05, 0.1) is 19.5 Å². The first-order valence-electron chi connectivity index (χ1n) is 12.3. The van der Waals surface area contributed by atoms with Crippen LogP contribution < -0.4 is 11.1 Å². The molecular weight excluding hydrogens is 460 g/mol. The molecule has 4 N–H and O–H groups in total. The zero-order valence-corrected chi connectivity index (χ0v) is 21.3. The van der Waals surface area contributed by atoms with Gasteiger partial charge in [-0.05, 0) is 54.9 Å². The highest BCUT2D eigenvalue weighted by Crippen LogP contribution is 2.59. The Morgan fingerprint density at radius 1 is 1.28 bits per heavy atom. The van der Waals surface area contributed by atoms with Gasteiger partial charge in [0.2, 0.25) is 5.78 Å². The lowest BCUT2D eigenvalue weighted by atomic mass is 9.69. The normalized spacial score (nSPS) is 25.3. The summed E-state index contributed by atoms with van der Waals surface area (Å²) in [6.07, 6.45) is 5.74. The highest BCUT2D eigenvalue weighted by molar-refractivity contribution is 6.33. The van der Waals surface area contributed by atoms with Gasteiger partial charge in [0, 0.05) is 24.1 Å². The van der Waals surface area contributed by atoms with Gasteiger partial charge in [-0.3, -0.25) is 9.59 Å². The summed E-state index contributed by atoms with van der Waals surface area (Å²) in [6, 6.07) is 5.17. The van der Waals surface area contributed by atoms with Crippen LogP contribution >= 0.6 is 0 Å². The molecule has 2 aliphatic heterocycles. The number of methoxy groups -OCH3 is 1. The Morgan fingerprint density at radius 2 is 2.03 bits per heavy atom. The molecule has 192 valence electrons. The van der Waals surface area contributed by atoms with E-state index in [0.717, 1.165) is 11.1 Å². The van der Waals surface area contributed by atoms with Crippen molar-refractivity contribution in [2.45, 2.75) is 57.7 Å². The zero-order chi connectivity index (χ0) is 26.3. The van der Waals surface area contributed by atoms with E-state index in [1.165, 1.54) is 7.11 Å². The Balaban J connectivity index is 1.71. The number of nitrogens with two attached hydrogens (primary N) is 1. The van der Waals surface area contributed by atoms with Gasteiger partial charge in [0.1, 0.15) is 0 Å². The topological polar surface area (TPSA) is 131 Å². The van der Waals surface area contributed by atoms with Crippen LogP contribution in [0.15, 0.2) is 52.9 Å². The van der Waals surface area contributed by atoms with Crippen LogP contribution in [0, 0.1) is 5.92 Å². The Morgan fingerprint density at radius 3 is 2.67 bits per heavy atom. The predicted octanol–water partition coefficient (Wildman–Crippen LogP) is 2.75. The summed E-state index contributed by atoms with van der Waals surface area (Å²) in [7, 11) is 1.18. The number of Topliss-reactive ketones (excluding diaryl/α,β-unsaturated/α-hetero) is 2. The number of dihydropyridines is 1. The number of esters is 1. The smallest absolute Gasteiger partial charge is 0.350 e. The summed E-state index contributed by atoms with van der Waals surface area (Å²) in [6.45, 7) is 6.25. The number of aliphatic hydroxyl groups excluding tert-OH is 1. The van der Waals surface area contributed by atoms with Crippen molar-refractivity contribution >= 4 is 17.5 Å². The fourth-order valence-electron chi connectivity index (χ4n) is 5.35. The number of carbonyl (C=O) groups excluding carboxylic acids is 3. The highest BCUT2D eigenvalue weighted by atomic mass is 16.7. The summed E-state index contributed by atoms with van der Waals surface area (Å²) >= 11 is 0. The number of rotatable bonds is 9. The number of carbonyl (C=O) groups is 3. The van der Waals surface area contributed by atoms with Crippen molar-refractivity contribution in [1.29, 1.82) is 0 Å². The molecule has 1 aliphatic carbocycles. The first-order valence-corrected chi connectivity index (χ1v) is 12.3. The average Bonchev–Trinajstić information content (AvgIpc) is 3.55. The molecule has 0 amide bonds. The second-order valence-electron chi connectivity index (χ2n) is 10.2. The summed E-state index contributed by atoms with van der Waals surface area (Å²) in [4.78, 5) is 40.7. The van der Waals surface area contributed by atoms with Crippen molar-refractivity contribution in [3.63, 3.8) is 0 Å². The second-order valence-corrected chi connectivity index (χ2v) is 10.2. The lowest BCUT2D eigenvalue weighted by Crippen LogP contribution is -2.51. The van der Waals surface area contributed by atoms with E-state index < -0.39 is 28.7 Å². The summed E-state index contributed by atoms with van der Waals surface area (Å²) < 4.78 is 10.9. The summed E-state index contributed by atoms with van der Waals surface area (Å²) in [5.41, 5.74) is 5.81. The minimum atomic E-state index is -2.03. The Labute approximate surface area is 211 Å². The number of benzene rings is 1. The zero-order valence-electron chi connectivity index (χ0n) is 21.3. The maximum absolute atomic E-state index is 13.9. The summed E-state index contributed by atoms with van der Waals surface area (Å²) in [5, 5.41) is 13.3. The first-order chi connectivity index (χ1) is 17.1. The van der Waals surface area contributed by atoms with Crippen molar-refractivity contribution in [3.8, 4) is 0 Å². The van der Waals surface area contributed by atoms with Crippen molar-refractivity contribution in [1.82, 2.24) is 5.32 Å². The van der Waals surface area contributed by atoms with Gasteiger partial charge in [-0.2, -0.15) is 0 Å². The fraction of sp³-hybridized carbons (Fsp3) is 0.464. The molecule has 4 rings (SSSR count). The molecule has 1 aromatic carbocycles. The number of ether oxygens (including phenoxy) is 2. The van der Waals surface area contributed by atoms with Gasteiger partial charge in [-0.25, -0.2) is 4.79 Å². The largest absolute Gasteiger partial charge is 0.466 e. The molecule has 0 spiro atoms. The van der Waals surface area contributed by atoms with E-state index in [1.54, 1.807) is 12.1 Å². The number of hydrogen-bond donors (Lipinski definition) is 3. The molecule has 2 unspecified atom stereocenters. The van der Waals surface area contributed by atoms with Crippen molar-refractivity contribution in [2.75, 3.05) is 20.3 Å². The number of nitrogens with one attached hydrogen (secondary N) is 1. The van der Waals surface area contributed by atoms with Gasteiger partial charge >= 0.3 is 5.97 Å². The molecule has 2 heterocycles. The van der Waals surface area contributed by atoms with Crippen LogP contribution in [-0.2, 0) is 20.7 Å². The molecular formula is C28H34N2O6. The van der Waals surface area contributed by atoms with Crippen LogP contribution in [0.2, 0.25) is 0 Å². The number of fused-ring (bicyclic) bond motifs is 2. The van der Waals surface area contributed by atoms with E-state index in [9.17, 15) is 19.5 Å². The lowest BCUT2D eigenvalue weighted by Gasteiger charge is -2.26. The Hall–Kier alpha value is -3.23. The molecule has 0 aromatic heterocycles. The number of aliphatic hydroxyl groups is 1. The van der Waals surface area contributed by atoms with E-state index in [1.807, 2.05) is 39.0 Å². The molecule has 0 saturated carbocycles. The van der Waals surface area contributed by atoms with Crippen LogP contribution in [0.4, 0.5) is 0 Å². The van der Waals surface area contributed by atoms with E-state index in [4.69, 9.17) is 15.2 Å². The van der Waals surface area contributed by atoms with E-state index >= 15 is 0 Å². The SMILES string of the molecule is COC(=O)C12OC1(CC(CO)=C(C)CCC1=CCNC(N)=C1)C(=O)c1cccc(CC(C)C)c1C2=O. The Bertz CT molecular complexity index is 1210. The minimum Gasteiger partial charge on any atom is -0.466 e. The van der Waals surface area contributed by atoms with Gasteiger partial charge in [-0.15, -0.1) is 0 Å². The second kappa shape index (κ2) is 9.67. The predicted molar refractivity (Wildman–Crippen MR) is 134 cm³/mol. The van der Waals surface area contributed by atoms with Crippen LogP contribution in [0.5, 0.6) is 0 Å². The van der Waals surface area contributed by atoms with Crippen LogP contribution in [0.25, 0.3) is 0 Å². The van der Waals surface area contributed by atoms with Crippen LogP contribution in [0.3, 0.4) is 0 Å². The van der Waals surface area contributed by atoms with Crippen molar-refractivity contribution in [3.05, 3.63) is 69.6 Å². The standard InChI is InChI=1S/C28H34N2O6/c1-16(2)12-19-6-5-7-21-23(19)25(33)28(26(34)35-4)27(36-28,24(21)32)14-20(15-31)17(3)8-9-18-10-11-30-22(29)13-18/h5-7,10,13,16,30-31H,8-9,11-12,14-15,29H2,1-4H3. The molecule has 1 aromatic rings. The van der Waals surface area contributed by atoms with Gasteiger partial charge in [0.15, 0.2) is 11.4 Å². The summed E-state index contributed by atoms with van der Waals surface area (Å²) in [5.74, 6) is -1.01. The molecule has 1 saturated heterocycles. The molecule has 2 atom stereocenters. The molecule has 8 nitrogen and oxygen atoms in total. The lowest BCUT2D eigenvalue weighted by molar-refractivity contribution is -0.145. The van der Waals surface area contributed by atoms with Crippen molar-refractivity contribution < 1.29 is 29.0 Å². The quantitative estimate of drug-likeness (QED) is 0.207. The van der Waals surface area contributed by atoms with Gasteiger partial charge in [-0.1, -0.05) is 43.7 Å². The third-order valence-corrected chi connectivity index (χ3v) is 7.32. The van der Waals surface area contributed by atoms with Crippen LogP contribution in [0.1, 0.15) is 66.3 Å². The first kappa shape index (κ1) is 25.9. The van der Waals surface area contributed by atoms with E-state index in [0.29, 0.717) is 42.8 Å². The monoisotopic (exact) mass is 494 g/mol. The fourth-order valence-corrected chi connectivity index (χ4v) is 5.35. The number of ketones is 2. The van der Waals surface area contributed by atoms with Gasteiger partial charge in [0.25, 0.3) is 5.60 Å². The minimum absolute atomic E-state index is 0.0680. The number of allylic oxidation sites excluding steroid dienone is 3. The molecule has 1 fully saturated rings. The van der Waals surface area contributed by atoms with Crippen molar-refractivity contribution in [2.24, 2.45) is 11.7 Å². The average molecular weight is 495 g/mol. The van der Waals surface area contributed by atoms with E-state index in [2.05, 4.69) is 5.32 Å². The van der Waals surface area contributed by atoms with Gasteiger partial charge < -0.3 is 25.6 Å². The molecule has 3 aliphatic rings. The number of hydrogen-bond acceptors (Lipinski definition) is 8. The molecule has 0 bridgehead atoms. The van der Waals surface area contributed by atoms with E-state index in [-0.39, 0.29) is 30.1 Å². The molecule has 36 heavy (non-hydrogen) atoms. The third-order valence-electron chi connectivity index (χ3n) is 7.32. The highest BCUT2D eigenvalue weighted by Gasteiger charge is 2.85.